The number of halogens is 1. The SMILES string of the molecule is COc1ccc(CC(=O)NC(CO)C(=O)O)cc1F. The maximum Gasteiger partial charge on any atom is 0.328 e. The summed E-state index contributed by atoms with van der Waals surface area (Å²) >= 11 is 0. The van der Waals surface area contributed by atoms with Crippen molar-refractivity contribution in [1.82, 2.24) is 5.32 Å². The highest BCUT2D eigenvalue weighted by molar-refractivity contribution is 5.84. The van der Waals surface area contributed by atoms with Crippen molar-refractivity contribution >= 4 is 11.9 Å². The van der Waals surface area contributed by atoms with E-state index in [4.69, 9.17) is 14.9 Å². The van der Waals surface area contributed by atoms with E-state index in [1.165, 1.54) is 19.2 Å². The van der Waals surface area contributed by atoms with Crippen molar-refractivity contribution in [2.45, 2.75) is 12.5 Å². The number of rotatable bonds is 6. The summed E-state index contributed by atoms with van der Waals surface area (Å²) < 4.78 is 18.1. The van der Waals surface area contributed by atoms with Crippen molar-refractivity contribution in [2.75, 3.05) is 13.7 Å². The topological polar surface area (TPSA) is 95.9 Å². The molecule has 0 radical (unpaired) electrons. The number of hydrogen-bond acceptors (Lipinski definition) is 4. The minimum atomic E-state index is -1.37. The van der Waals surface area contributed by atoms with E-state index in [2.05, 4.69) is 5.32 Å². The molecule has 1 aromatic rings. The summed E-state index contributed by atoms with van der Waals surface area (Å²) in [6, 6.07) is 2.64. The third kappa shape index (κ3) is 4.22. The van der Waals surface area contributed by atoms with Gasteiger partial charge in [-0.1, -0.05) is 6.07 Å². The Morgan fingerprint density at radius 2 is 2.16 bits per heavy atom. The number of carbonyl (C=O) groups is 2. The Kier molecular flexibility index (Phi) is 5.25. The van der Waals surface area contributed by atoms with Crippen LogP contribution in [0, 0.1) is 5.82 Å². The lowest BCUT2D eigenvalue weighted by molar-refractivity contribution is -0.142. The lowest BCUT2D eigenvalue weighted by Gasteiger charge is -2.11. The molecule has 1 atom stereocenters. The molecule has 0 aliphatic rings. The van der Waals surface area contributed by atoms with E-state index in [9.17, 15) is 14.0 Å². The predicted octanol–water partition coefficient (Wildman–Crippen LogP) is -0.0615. The quantitative estimate of drug-likeness (QED) is 0.673. The molecular weight excluding hydrogens is 257 g/mol. The number of methoxy groups -OCH3 is 1. The largest absolute Gasteiger partial charge is 0.494 e. The Morgan fingerprint density at radius 3 is 2.63 bits per heavy atom. The van der Waals surface area contributed by atoms with Gasteiger partial charge in [0.2, 0.25) is 5.91 Å². The minimum absolute atomic E-state index is 0.0583. The molecule has 1 aromatic carbocycles. The molecule has 19 heavy (non-hydrogen) atoms. The lowest BCUT2D eigenvalue weighted by atomic mass is 10.1. The van der Waals surface area contributed by atoms with Crippen LogP contribution in [0.25, 0.3) is 0 Å². The maximum atomic E-state index is 13.4. The lowest BCUT2D eigenvalue weighted by Crippen LogP contribution is -2.43. The van der Waals surface area contributed by atoms with Gasteiger partial charge in [-0.2, -0.15) is 0 Å². The number of carboxylic acids is 1. The second-order valence-corrected chi connectivity index (χ2v) is 3.79. The van der Waals surface area contributed by atoms with Gasteiger partial charge < -0.3 is 20.3 Å². The molecule has 0 bridgehead atoms. The summed E-state index contributed by atoms with van der Waals surface area (Å²) in [5, 5.41) is 19.5. The van der Waals surface area contributed by atoms with Crippen LogP contribution in [0.2, 0.25) is 0 Å². The van der Waals surface area contributed by atoms with Crippen LogP contribution in [0.1, 0.15) is 5.56 Å². The Labute approximate surface area is 108 Å². The normalized spacial score (nSPS) is 11.7. The molecule has 0 aromatic heterocycles. The predicted molar refractivity (Wildman–Crippen MR) is 63.3 cm³/mol. The first-order valence-corrected chi connectivity index (χ1v) is 5.43. The van der Waals surface area contributed by atoms with Crippen molar-refractivity contribution in [3.05, 3.63) is 29.6 Å². The van der Waals surface area contributed by atoms with E-state index in [0.717, 1.165) is 6.07 Å². The van der Waals surface area contributed by atoms with Gasteiger partial charge >= 0.3 is 5.97 Å². The standard InChI is InChI=1S/C12H14FNO5/c1-19-10-3-2-7(4-8(10)13)5-11(16)14-9(6-15)12(17)18/h2-4,9,15H,5-6H2,1H3,(H,14,16)(H,17,18). The summed E-state index contributed by atoms with van der Waals surface area (Å²) in [7, 11) is 1.32. The highest BCUT2D eigenvalue weighted by Gasteiger charge is 2.18. The van der Waals surface area contributed by atoms with Crippen molar-refractivity contribution in [3.8, 4) is 5.75 Å². The second-order valence-electron chi connectivity index (χ2n) is 3.79. The number of aliphatic hydroxyl groups is 1. The fourth-order valence-electron chi connectivity index (χ4n) is 1.44. The number of carboxylic acid groups (broad SMARTS) is 1. The van der Waals surface area contributed by atoms with Crippen LogP contribution >= 0.6 is 0 Å². The third-order valence-electron chi connectivity index (χ3n) is 2.40. The minimum Gasteiger partial charge on any atom is -0.494 e. The van der Waals surface area contributed by atoms with E-state index < -0.39 is 30.3 Å². The van der Waals surface area contributed by atoms with Crippen LogP contribution in [0.15, 0.2) is 18.2 Å². The third-order valence-corrected chi connectivity index (χ3v) is 2.40. The zero-order valence-electron chi connectivity index (χ0n) is 10.2. The van der Waals surface area contributed by atoms with Crippen LogP contribution in [0.5, 0.6) is 5.75 Å². The van der Waals surface area contributed by atoms with Gasteiger partial charge in [-0.3, -0.25) is 4.79 Å². The summed E-state index contributed by atoms with van der Waals surface area (Å²) in [4.78, 5) is 22.1. The molecule has 6 nitrogen and oxygen atoms in total. The molecule has 1 rings (SSSR count). The number of aliphatic hydroxyl groups excluding tert-OH is 1. The van der Waals surface area contributed by atoms with E-state index in [1.54, 1.807) is 0 Å². The van der Waals surface area contributed by atoms with E-state index in [0.29, 0.717) is 5.56 Å². The van der Waals surface area contributed by atoms with Crippen molar-refractivity contribution in [3.63, 3.8) is 0 Å². The van der Waals surface area contributed by atoms with Crippen molar-refractivity contribution < 1.29 is 28.9 Å². The molecule has 0 fully saturated rings. The molecule has 0 aliphatic heterocycles. The average molecular weight is 271 g/mol. The number of amides is 1. The highest BCUT2D eigenvalue weighted by atomic mass is 19.1. The van der Waals surface area contributed by atoms with Crippen LogP contribution in [0.4, 0.5) is 4.39 Å². The fraction of sp³-hybridized carbons (Fsp3) is 0.333. The summed E-state index contributed by atoms with van der Waals surface area (Å²) in [6.07, 6.45) is -0.190. The number of ether oxygens (including phenoxy) is 1. The molecular formula is C12H14FNO5. The Bertz CT molecular complexity index is 477. The summed E-state index contributed by atoms with van der Waals surface area (Å²) in [6.45, 7) is -0.710. The van der Waals surface area contributed by atoms with Crippen molar-refractivity contribution in [1.29, 1.82) is 0 Å². The molecule has 0 saturated heterocycles. The molecule has 0 heterocycles. The number of hydrogen-bond donors (Lipinski definition) is 3. The molecule has 0 aliphatic carbocycles. The summed E-state index contributed by atoms with van der Waals surface area (Å²) in [5.74, 6) is -2.50. The molecule has 7 heteroatoms. The van der Waals surface area contributed by atoms with E-state index >= 15 is 0 Å². The fourth-order valence-corrected chi connectivity index (χ4v) is 1.44. The molecule has 1 amide bonds. The van der Waals surface area contributed by atoms with Crippen molar-refractivity contribution in [2.24, 2.45) is 0 Å². The first-order chi connectivity index (χ1) is 8.97. The number of carbonyl (C=O) groups excluding carboxylic acids is 1. The Hall–Kier alpha value is -2.15. The monoisotopic (exact) mass is 271 g/mol. The molecule has 1 unspecified atom stereocenters. The molecule has 3 N–H and O–H groups in total. The van der Waals surface area contributed by atoms with Crippen LogP contribution in [0.3, 0.4) is 0 Å². The van der Waals surface area contributed by atoms with Gasteiger partial charge in [-0.25, -0.2) is 9.18 Å². The van der Waals surface area contributed by atoms with Crippen LogP contribution in [-0.4, -0.2) is 41.8 Å². The zero-order chi connectivity index (χ0) is 14.4. The average Bonchev–Trinajstić information content (AvgIpc) is 2.35. The van der Waals surface area contributed by atoms with Gasteiger partial charge in [0.25, 0.3) is 0 Å². The van der Waals surface area contributed by atoms with Gasteiger partial charge in [-0.05, 0) is 17.7 Å². The number of benzene rings is 1. The smallest absolute Gasteiger partial charge is 0.328 e. The van der Waals surface area contributed by atoms with Gasteiger partial charge in [0.1, 0.15) is 6.04 Å². The molecule has 0 saturated carbocycles. The maximum absolute atomic E-state index is 13.4. The number of aliphatic carboxylic acids is 1. The van der Waals surface area contributed by atoms with Crippen LogP contribution < -0.4 is 10.1 Å². The zero-order valence-corrected chi connectivity index (χ0v) is 10.2. The Balaban J connectivity index is 2.67. The van der Waals surface area contributed by atoms with Gasteiger partial charge in [0, 0.05) is 0 Å². The molecule has 104 valence electrons. The summed E-state index contributed by atoms with van der Waals surface area (Å²) in [5.41, 5.74) is 0.373. The van der Waals surface area contributed by atoms with E-state index in [-0.39, 0.29) is 12.2 Å². The second kappa shape index (κ2) is 6.69. The van der Waals surface area contributed by atoms with Gasteiger partial charge in [0.15, 0.2) is 11.6 Å². The van der Waals surface area contributed by atoms with Gasteiger partial charge in [-0.15, -0.1) is 0 Å². The van der Waals surface area contributed by atoms with E-state index in [1.807, 2.05) is 0 Å². The van der Waals surface area contributed by atoms with Crippen LogP contribution in [-0.2, 0) is 16.0 Å². The first-order valence-electron chi connectivity index (χ1n) is 5.43. The van der Waals surface area contributed by atoms with Gasteiger partial charge in [0.05, 0.1) is 20.1 Å². The number of nitrogens with one attached hydrogen (secondary N) is 1. The Morgan fingerprint density at radius 1 is 1.47 bits per heavy atom. The molecule has 0 spiro atoms. The first kappa shape index (κ1) is 14.9. The highest BCUT2D eigenvalue weighted by Crippen LogP contribution is 2.17.